The van der Waals surface area contributed by atoms with Gasteiger partial charge in [-0.3, -0.25) is 4.72 Å². The molecule has 174 valence electrons. The van der Waals surface area contributed by atoms with Crippen molar-refractivity contribution in [2.24, 2.45) is 0 Å². The van der Waals surface area contributed by atoms with Crippen LogP contribution in [-0.4, -0.2) is 60.2 Å². The summed E-state index contributed by atoms with van der Waals surface area (Å²) in [7, 11) is -7.69. The molecule has 2 aromatic rings. The number of morpholine rings is 1. The van der Waals surface area contributed by atoms with Crippen molar-refractivity contribution in [1.82, 2.24) is 4.31 Å². The summed E-state index contributed by atoms with van der Waals surface area (Å²) in [5.41, 5.74) is 1.23. The van der Waals surface area contributed by atoms with Gasteiger partial charge in [0, 0.05) is 31.1 Å². The van der Waals surface area contributed by atoms with Gasteiger partial charge in [-0.1, -0.05) is 0 Å². The van der Waals surface area contributed by atoms with Crippen LogP contribution >= 0.6 is 0 Å². The van der Waals surface area contributed by atoms with E-state index in [9.17, 15) is 16.8 Å². The predicted molar refractivity (Wildman–Crippen MR) is 118 cm³/mol. The van der Waals surface area contributed by atoms with Crippen LogP contribution < -0.4 is 14.2 Å². The van der Waals surface area contributed by atoms with Crippen LogP contribution in [0.5, 0.6) is 11.5 Å². The Hall–Kier alpha value is -2.34. The summed E-state index contributed by atoms with van der Waals surface area (Å²) >= 11 is 0. The highest BCUT2D eigenvalue weighted by Crippen LogP contribution is 2.39. The fourth-order valence-electron chi connectivity index (χ4n) is 3.72. The van der Waals surface area contributed by atoms with Gasteiger partial charge in [0.1, 0.15) is 17.6 Å². The molecule has 1 atom stereocenters. The molecular weight excluding hydrogens is 456 g/mol. The second-order valence-electron chi connectivity index (χ2n) is 7.62. The lowest BCUT2D eigenvalue weighted by Gasteiger charge is -2.26. The minimum Gasteiger partial charge on any atom is -0.492 e. The van der Waals surface area contributed by atoms with Gasteiger partial charge in [-0.15, -0.1) is 0 Å². The summed E-state index contributed by atoms with van der Waals surface area (Å²) in [4.78, 5) is -0.0241. The number of fused-ring (bicyclic) bond motifs is 1. The first-order valence-electron chi connectivity index (χ1n) is 10.4. The molecule has 1 saturated heterocycles. The molecule has 1 unspecified atom stereocenters. The van der Waals surface area contributed by atoms with Crippen molar-refractivity contribution in [3.8, 4) is 11.5 Å². The lowest BCUT2D eigenvalue weighted by Crippen LogP contribution is -2.40. The SMILES string of the molecule is CCOc1cc2c(cc1NS(=O)(=O)c1ccc(S(=O)(=O)N3CCOCC3)cc1)OC(C)C2. The minimum absolute atomic E-state index is 0.00675. The van der Waals surface area contributed by atoms with E-state index in [1.807, 2.05) is 13.8 Å². The van der Waals surface area contributed by atoms with Crippen LogP contribution in [0.3, 0.4) is 0 Å². The standard InChI is InChI=1S/C21H26N2O7S2/c1-3-29-21-13-16-12-15(2)30-20(16)14-19(21)22-31(24,25)17-4-6-18(7-5-17)32(26,27)23-8-10-28-11-9-23/h4-7,13-15,22H,3,8-12H2,1-2H3. The van der Waals surface area contributed by atoms with Crippen LogP contribution in [0.25, 0.3) is 0 Å². The van der Waals surface area contributed by atoms with Crippen LogP contribution in [0.15, 0.2) is 46.2 Å². The minimum atomic E-state index is -3.99. The lowest BCUT2D eigenvalue weighted by molar-refractivity contribution is 0.0730. The van der Waals surface area contributed by atoms with Crippen LogP contribution in [-0.2, 0) is 31.2 Å². The van der Waals surface area contributed by atoms with Crippen molar-refractivity contribution in [3.63, 3.8) is 0 Å². The zero-order valence-corrected chi connectivity index (χ0v) is 19.5. The Morgan fingerprint density at radius 2 is 1.72 bits per heavy atom. The maximum Gasteiger partial charge on any atom is 0.262 e. The van der Waals surface area contributed by atoms with Crippen molar-refractivity contribution in [2.45, 2.75) is 36.2 Å². The number of hydrogen-bond acceptors (Lipinski definition) is 7. The van der Waals surface area contributed by atoms with Crippen molar-refractivity contribution in [3.05, 3.63) is 42.0 Å². The quantitative estimate of drug-likeness (QED) is 0.644. The number of nitrogens with one attached hydrogen (secondary N) is 1. The van der Waals surface area contributed by atoms with Gasteiger partial charge in [-0.25, -0.2) is 16.8 Å². The molecule has 0 amide bonds. The third-order valence-corrected chi connectivity index (χ3v) is 8.58. The fraction of sp³-hybridized carbons (Fsp3) is 0.429. The monoisotopic (exact) mass is 482 g/mol. The average molecular weight is 483 g/mol. The molecule has 0 aliphatic carbocycles. The van der Waals surface area contributed by atoms with Gasteiger partial charge in [0.25, 0.3) is 10.0 Å². The van der Waals surface area contributed by atoms with E-state index in [2.05, 4.69) is 4.72 Å². The molecule has 4 rings (SSSR count). The van der Waals surface area contributed by atoms with E-state index in [1.165, 1.54) is 28.6 Å². The summed E-state index contributed by atoms with van der Waals surface area (Å²) in [6.45, 7) is 5.33. The molecule has 0 radical (unpaired) electrons. The molecule has 2 heterocycles. The van der Waals surface area contributed by atoms with E-state index in [1.54, 1.807) is 12.1 Å². The topological polar surface area (TPSA) is 111 Å². The Labute approximate surface area is 188 Å². The summed E-state index contributed by atoms with van der Waals surface area (Å²) in [5.74, 6) is 1.03. The molecule has 2 aliphatic heterocycles. The number of rotatable bonds is 7. The third kappa shape index (κ3) is 4.56. The van der Waals surface area contributed by atoms with Crippen molar-refractivity contribution < 1.29 is 31.0 Å². The van der Waals surface area contributed by atoms with Gasteiger partial charge in [0.2, 0.25) is 10.0 Å². The van der Waals surface area contributed by atoms with Gasteiger partial charge < -0.3 is 14.2 Å². The summed E-state index contributed by atoms with van der Waals surface area (Å²) < 4.78 is 72.0. The van der Waals surface area contributed by atoms with Crippen LogP contribution in [0, 0.1) is 0 Å². The van der Waals surface area contributed by atoms with Crippen LogP contribution in [0.1, 0.15) is 19.4 Å². The number of ether oxygens (including phenoxy) is 3. The molecule has 0 aromatic heterocycles. The van der Waals surface area contributed by atoms with E-state index in [0.29, 0.717) is 31.3 Å². The summed E-state index contributed by atoms with van der Waals surface area (Å²) in [6.07, 6.45) is 0.730. The molecule has 0 spiro atoms. The van der Waals surface area contributed by atoms with E-state index >= 15 is 0 Å². The maximum absolute atomic E-state index is 13.0. The smallest absolute Gasteiger partial charge is 0.262 e. The van der Waals surface area contributed by atoms with Gasteiger partial charge in [0.05, 0.1) is 35.3 Å². The van der Waals surface area contributed by atoms with Crippen molar-refractivity contribution in [1.29, 1.82) is 0 Å². The zero-order valence-electron chi connectivity index (χ0n) is 17.9. The van der Waals surface area contributed by atoms with Crippen LogP contribution in [0.4, 0.5) is 5.69 Å². The average Bonchev–Trinajstić information content (AvgIpc) is 3.13. The molecule has 9 nitrogen and oxygen atoms in total. The van der Waals surface area contributed by atoms with Crippen LogP contribution in [0.2, 0.25) is 0 Å². The number of hydrogen-bond donors (Lipinski definition) is 1. The molecule has 0 saturated carbocycles. The number of sulfonamides is 2. The predicted octanol–water partition coefficient (Wildman–Crippen LogP) is 2.23. The summed E-state index contributed by atoms with van der Waals surface area (Å²) in [6, 6.07) is 8.58. The highest BCUT2D eigenvalue weighted by atomic mass is 32.2. The Bertz CT molecular complexity index is 1190. The maximum atomic E-state index is 13.0. The van der Waals surface area contributed by atoms with E-state index < -0.39 is 20.0 Å². The number of benzene rings is 2. The molecule has 2 aliphatic rings. The molecule has 11 heteroatoms. The first-order chi connectivity index (χ1) is 15.2. The molecule has 1 N–H and O–H groups in total. The molecule has 32 heavy (non-hydrogen) atoms. The Kier molecular flexibility index (Phi) is 6.35. The van der Waals surface area contributed by atoms with Gasteiger partial charge >= 0.3 is 0 Å². The second kappa shape index (κ2) is 8.89. The fourth-order valence-corrected chi connectivity index (χ4v) is 6.19. The van der Waals surface area contributed by atoms with Gasteiger partial charge in [-0.2, -0.15) is 4.31 Å². The lowest BCUT2D eigenvalue weighted by atomic mass is 10.1. The molecular formula is C21H26N2O7S2. The van der Waals surface area contributed by atoms with Gasteiger partial charge in [0.15, 0.2) is 0 Å². The Morgan fingerprint density at radius 1 is 1.06 bits per heavy atom. The first-order valence-corrected chi connectivity index (χ1v) is 13.3. The number of anilines is 1. The van der Waals surface area contributed by atoms with Crippen molar-refractivity contribution >= 4 is 25.7 Å². The highest BCUT2D eigenvalue weighted by Gasteiger charge is 2.28. The second-order valence-corrected chi connectivity index (χ2v) is 11.2. The first kappa shape index (κ1) is 22.8. The van der Waals surface area contributed by atoms with Crippen molar-refractivity contribution in [2.75, 3.05) is 37.6 Å². The zero-order chi connectivity index (χ0) is 22.9. The molecule has 0 bridgehead atoms. The normalized spacial score (nSPS) is 19.2. The summed E-state index contributed by atoms with van der Waals surface area (Å²) in [5, 5.41) is 0. The van der Waals surface area contributed by atoms with E-state index in [4.69, 9.17) is 14.2 Å². The third-order valence-electron chi connectivity index (χ3n) is 5.28. The largest absolute Gasteiger partial charge is 0.492 e. The molecule has 2 aromatic carbocycles. The Morgan fingerprint density at radius 3 is 2.38 bits per heavy atom. The number of nitrogens with zero attached hydrogens (tertiary/aromatic N) is 1. The van der Waals surface area contributed by atoms with Gasteiger partial charge in [-0.05, 0) is 44.2 Å². The Balaban J connectivity index is 1.59. The highest BCUT2D eigenvalue weighted by molar-refractivity contribution is 7.92. The van der Waals surface area contributed by atoms with E-state index in [-0.39, 0.29) is 34.7 Å². The van der Waals surface area contributed by atoms with E-state index in [0.717, 1.165) is 12.0 Å². The molecule has 1 fully saturated rings.